The van der Waals surface area contributed by atoms with Gasteiger partial charge >= 0.3 is 0 Å². The molecule has 0 saturated heterocycles. The highest BCUT2D eigenvalue weighted by atomic mass is 35.5. The average Bonchev–Trinajstić information content (AvgIpc) is 2.22. The summed E-state index contributed by atoms with van der Waals surface area (Å²) in [6.07, 6.45) is 2.40. The maximum atomic E-state index is 5.79. The van der Waals surface area contributed by atoms with Gasteiger partial charge in [-0.3, -0.25) is 0 Å². The molecule has 0 saturated carbocycles. The largest absolute Gasteiger partial charge is 0.368 e. The zero-order valence-electron chi connectivity index (χ0n) is 8.02. The zero-order valence-corrected chi connectivity index (χ0v) is 8.78. The van der Waals surface area contributed by atoms with Crippen LogP contribution in [0.5, 0.6) is 0 Å². The number of hydrogen-bond acceptors (Lipinski definition) is 3. The summed E-state index contributed by atoms with van der Waals surface area (Å²) in [5.41, 5.74) is 7.55. The fourth-order valence-electron chi connectivity index (χ4n) is 1.32. The Balaban J connectivity index is 2.18. The van der Waals surface area contributed by atoms with Crippen molar-refractivity contribution in [3.63, 3.8) is 0 Å². The molecule has 2 N–H and O–H groups in total. The summed E-state index contributed by atoms with van der Waals surface area (Å²) in [4.78, 5) is 7.97. The highest BCUT2D eigenvalue weighted by Gasteiger charge is 1.98. The van der Waals surface area contributed by atoms with Crippen LogP contribution in [0.1, 0.15) is 11.3 Å². The van der Waals surface area contributed by atoms with Gasteiger partial charge in [0.2, 0.25) is 5.95 Å². The average molecular weight is 220 g/mol. The molecule has 3 nitrogen and oxygen atoms in total. The lowest BCUT2D eigenvalue weighted by atomic mass is 10.1. The van der Waals surface area contributed by atoms with E-state index in [2.05, 4.69) is 9.97 Å². The fourth-order valence-corrected chi connectivity index (χ4v) is 1.45. The molecule has 0 aliphatic rings. The van der Waals surface area contributed by atoms with Gasteiger partial charge < -0.3 is 5.73 Å². The van der Waals surface area contributed by atoms with Crippen molar-refractivity contribution >= 4 is 17.5 Å². The standard InChI is InChI=1S/C11H10ClN3/c12-9-3-1-8(2-4-9)7-10-5-6-14-11(13)15-10/h1-6H,7H2,(H2,13,14,15). The number of nitrogens with two attached hydrogens (primary N) is 1. The number of halogens is 1. The highest BCUT2D eigenvalue weighted by Crippen LogP contribution is 2.12. The molecule has 0 spiro atoms. The molecule has 4 heteroatoms. The number of nitrogens with zero attached hydrogens (tertiary/aromatic N) is 2. The molecule has 0 bridgehead atoms. The van der Waals surface area contributed by atoms with Gasteiger partial charge in [-0.1, -0.05) is 23.7 Å². The van der Waals surface area contributed by atoms with Crippen molar-refractivity contribution in [1.82, 2.24) is 9.97 Å². The number of aromatic nitrogens is 2. The quantitative estimate of drug-likeness (QED) is 0.843. The van der Waals surface area contributed by atoms with Crippen molar-refractivity contribution in [2.24, 2.45) is 0 Å². The Kier molecular flexibility index (Phi) is 2.83. The monoisotopic (exact) mass is 219 g/mol. The van der Waals surface area contributed by atoms with Crippen LogP contribution in [0.15, 0.2) is 36.5 Å². The van der Waals surface area contributed by atoms with Crippen molar-refractivity contribution in [3.05, 3.63) is 52.8 Å². The van der Waals surface area contributed by atoms with Gasteiger partial charge in [0.25, 0.3) is 0 Å². The fraction of sp³-hybridized carbons (Fsp3) is 0.0909. The molecule has 0 fully saturated rings. The van der Waals surface area contributed by atoms with Gasteiger partial charge in [0.1, 0.15) is 0 Å². The Morgan fingerprint density at radius 1 is 1.13 bits per heavy atom. The molecular formula is C11H10ClN3. The summed E-state index contributed by atoms with van der Waals surface area (Å²) in [5.74, 6) is 0.307. The third kappa shape index (κ3) is 2.67. The van der Waals surface area contributed by atoms with Crippen molar-refractivity contribution in [2.75, 3.05) is 5.73 Å². The molecule has 2 aromatic rings. The predicted molar refractivity (Wildman–Crippen MR) is 60.7 cm³/mol. The number of benzene rings is 1. The number of hydrogen-bond donors (Lipinski definition) is 1. The van der Waals surface area contributed by atoms with Gasteiger partial charge in [-0.2, -0.15) is 0 Å². The van der Waals surface area contributed by atoms with Gasteiger partial charge in [0.05, 0.1) is 5.69 Å². The van der Waals surface area contributed by atoms with E-state index in [-0.39, 0.29) is 0 Å². The van der Waals surface area contributed by atoms with Crippen LogP contribution in [0.4, 0.5) is 5.95 Å². The summed E-state index contributed by atoms with van der Waals surface area (Å²) >= 11 is 5.79. The predicted octanol–water partition coefficient (Wildman–Crippen LogP) is 2.30. The molecule has 76 valence electrons. The van der Waals surface area contributed by atoms with Crippen LogP contribution < -0.4 is 5.73 Å². The van der Waals surface area contributed by atoms with Crippen molar-refractivity contribution < 1.29 is 0 Å². The Hall–Kier alpha value is -1.61. The maximum Gasteiger partial charge on any atom is 0.220 e. The molecule has 1 heterocycles. The molecule has 1 aromatic heterocycles. The second-order valence-corrected chi connectivity index (χ2v) is 3.65. The number of rotatable bonds is 2. The first-order valence-electron chi connectivity index (χ1n) is 4.56. The van der Waals surface area contributed by atoms with E-state index in [1.807, 2.05) is 30.3 Å². The van der Waals surface area contributed by atoms with E-state index >= 15 is 0 Å². The number of nitrogen functional groups attached to an aromatic ring is 1. The first kappa shape index (κ1) is 9.93. The van der Waals surface area contributed by atoms with Crippen LogP contribution in [0.2, 0.25) is 5.02 Å². The van der Waals surface area contributed by atoms with Crippen molar-refractivity contribution in [1.29, 1.82) is 0 Å². The minimum absolute atomic E-state index is 0.307. The SMILES string of the molecule is Nc1nccc(Cc2ccc(Cl)cc2)n1. The van der Waals surface area contributed by atoms with Crippen LogP contribution in [-0.2, 0) is 6.42 Å². The second-order valence-electron chi connectivity index (χ2n) is 3.21. The molecule has 0 aliphatic carbocycles. The van der Waals surface area contributed by atoms with Crippen LogP contribution in [0, 0.1) is 0 Å². The molecule has 0 atom stereocenters. The Labute approximate surface area is 92.9 Å². The van der Waals surface area contributed by atoms with Crippen molar-refractivity contribution in [2.45, 2.75) is 6.42 Å². The van der Waals surface area contributed by atoms with E-state index in [1.54, 1.807) is 6.20 Å². The van der Waals surface area contributed by atoms with Crippen LogP contribution >= 0.6 is 11.6 Å². The maximum absolute atomic E-state index is 5.79. The minimum Gasteiger partial charge on any atom is -0.368 e. The summed E-state index contributed by atoms with van der Waals surface area (Å²) in [6, 6.07) is 9.52. The third-order valence-corrected chi connectivity index (χ3v) is 2.28. The van der Waals surface area contributed by atoms with Gasteiger partial charge in [-0.15, -0.1) is 0 Å². The summed E-state index contributed by atoms with van der Waals surface area (Å²) in [7, 11) is 0. The molecule has 0 aliphatic heterocycles. The van der Waals surface area contributed by atoms with Gasteiger partial charge in [0, 0.05) is 17.6 Å². The van der Waals surface area contributed by atoms with Crippen LogP contribution in [0.25, 0.3) is 0 Å². The van der Waals surface area contributed by atoms with E-state index in [1.165, 1.54) is 0 Å². The molecule has 0 unspecified atom stereocenters. The van der Waals surface area contributed by atoms with E-state index in [4.69, 9.17) is 17.3 Å². The first-order chi connectivity index (χ1) is 7.24. The Morgan fingerprint density at radius 3 is 2.53 bits per heavy atom. The lowest BCUT2D eigenvalue weighted by Crippen LogP contribution is -1.98. The Bertz CT molecular complexity index is 454. The van der Waals surface area contributed by atoms with Gasteiger partial charge in [-0.25, -0.2) is 9.97 Å². The van der Waals surface area contributed by atoms with Crippen molar-refractivity contribution in [3.8, 4) is 0 Å². The minimum atomic E-state index is 0.307. The second kappa shape index (κ2) is 4.28. The van der Waals surface area contributed by atoms with E-state index in [0.717, 1.165) is 22.7 Å². The molecular weight excluding hydrogens is 210 g/mol. The third-order valence-electron chi connectivity index (χ3n) is 2.03. The lowest BCUT2D eigenvalue weighted by Gasteiger charge is -2.01. The van der Waals surface area contributed by atoms with E-state index < -0.39 is 0 Å². The summed E-state index contributed by atoms with van der Waals surface area (Å²) in [6.45, 7) is 0. The van der Waals surface area contributed by atoms with E-state index in [9.17, 15) is 0 Å². The molecule has 0 radical (unpaired) electrons. The number of anilines is 1. The summed E-state index contributed by atoms with van der Waals surface area (Å²) < 4.78 is 0. The molecule has 0 amide bonds. The van der Waals surface area contributed by atoms with Crippen LogP contribution in [-0.4, -0.2) is 9.97 Å². The molecule has 15 heavy (non-hydrogen) atoms. The van der Waals surface area contributed by atoms with E-state index in [0.29, 0.717) is 5.95 Å². The highest BCUT2D eigenvalue weighted by molar-refractivity contribution is 6.30. The van der Waals surface area contributed by atoms with Gasteiger partial charge in [-0.05, 0) is 23.8 Å². The molecule has 1 aromatic carbocycles. The Morgan fingerprint density at radius 2 is 1.87 bits per heavy atom. The summed E-state index contributed by atoms with van der Waals surface area (Å²) in [5, 5.41) is 0.737. The van der Waals surface area contributed by atoms with Gasteiger partial charge in [0.15, 0.2) is 0 Å². The topological polar surface area (TPSA) is 51.8 Å². The smallest absolute Gasteiger partial charge is 0.220 e. The van der Waals surface area contributed by atoms with Crippen LogP contribution in [0.3, 0.4) is 0 Å². The normalized spacial score (nSPS) is 10.2. The lowest BCUT2D eigenvalue weighted by molar-refractivity contribution is 1.04. The molecule has 2 rings (SSSR count). The first-order valence-corrected chi connectivity index (χ1v) is 4.94. The zero-order chi connectivity index (χ0) is 10.7.